The SMILES string of the molecule is COc1ccc(CN2CCNC(C)(C)C2=O)cc1F. The Bertz CT molecular complexity index is 488. The van der Waals surface area contributed by atoms with Gasteiger partial charge in [0.1, 0.15) is 0 Å². The standard InChI is InChI=1S/C14H19FN2O2/c1-14(2)13(18)17(7-6-16-14)9-10-4-5-12(19-3)11(15)8-10/h4-5,8,16H,6-7,9H2,1-3H3. The van der Waals surface area contributed by atoms with Crippen molar-refractivity contribution in [1.82, 2.24) is 10.2 Å². The number of ether oxygens (including phenoxy) is 1. The molecule has 0 bridgehead atoms. The molecule has 4 nitrogen and oxygen atoms in total. The molecular formula is C14H19FN2O2. The fourth-order valence-electron chi connectivity index (χ4n) is 2.26. The highest BCUT2D eigenvalue weighted by atomic mass is 19.1. The van der Waals surface area contributed by atoms with Crippen LogP contribution in [0, 0.1) is 5.82 Å². The molecule has 1 aliphatic heterocycles. The molecule has 0 saturated carbocycles. The normalized spacial score (nSPS) is 18.5. The zero-order chi connectivity index (χ0) is 14.0. The second-order valence-electron chi connectivity index (χ2n) is 5.25. The minimum atomic E-state index is -0.552. The van der Waals surface area contributed by atoms with Gasteiger partial charge in [0.15, 0.2) is 11.6 Å². The summed E-state index contributed by atoms with van der Waals surface area (Å²) in [5.41, 5.74) is 0.216. The van der Waals surface area contributed by atoms with Gasteiger partial charge in [0.05, 0.1) is 12.6 Å². The zero-order valence-corrected chi connectivity index (χ0v) is 11.5. The number of methoxy groups -OCH3 is 1. The molecule has 1 saturated heterocycles. The molecule has 0 atom stereocenters. The summed E-state index contributed by atoms with van der Waals surface area (Å²) in [7, 11) is 1.43. The maximum Gasteiger partial charge on any atom is 0.242 e. The van der Waals surface area contributed by atoms with Gasteiger partial charge < -0.3 is 15.0 Å². The van der Waals surface area contributed by atoms with E-state index in [2.05, 4.69) is 5.32 Å². The average molecular weight is 266 g/mol. The quantitative estimate of drug-likeness (QED) is 0.902. The number of hydrogen-bond acceptors (Lipinski definition) is 3. The number of carbonyl (C=O) groups is 1. The molecule has 0 aliphatic carbocycles. The van der Waals surface area contributed by atoms with Crippen LogP contribution in [0.3, 0.4) is 0 Å². The van der Waals surface area contributed by atoms with Crippen LogP contribution < -0.4 is 10.1 Å². The second kappa shape index (κ2) is 5.17. The van der Waals surface area contributed by atoms with Gasteiger partial charge in [-0.15, -0.1) is 0 Å². The van der Waals surface area contributed by atoms with Gasteiger partial charge in [-0.1, -0.05) is 6.07 Å². The van der Waals surface area contributed by atoms with E-state index in [0.717, 1.165) is 12.1 Å². The molecule has 5 heteroatoms. The molecule has 1 aliphatic rings. The van der Waals surface area contributed by atoms with Gasteiger partial charge in [0.25, 0.3) is 0 Å². The van der Waals surface area contributed by atoms with Gasteiger partial charge in [-0.25, -0.2) is 4.39 Å². The molecule has 1 aromatic rings. The average Bonchev–Trinajstić information content (AvgIpc) is 2.35. The molecule has 104 valence electrons. The maximum absolute atomic E-state index is 13.6. The van der Waals surface area contributed by atoms with Crippen LogP contribution in [-0.2, 0) is 11.3 Å². The highest BCUT2D eigenvalue weighted by Crippen LogP contribution is 2.20. The summed E-state index contributed by atoms with van der Waals surface area (Å²) < 4.78 is 18.5. The third kappa shape index (κ3) is 2.87. The number of carbonyl (C=O) groups excluding carboxylic acids is 1. The summed E-state index contributed by atoms with van der Waals surface area (Å²) in [4.78, 5) is 14.0. The minimum Gasteiger partial charge on any atom is -0.494 e. The highest BCUT2D eigenvalue weighted by Gasteiger charge is 2.35. The van der Waals surface area contributed by atoms with Gasteiger partial charge in [-0.3, -0.25) is 4.79 Å². The number of halogens is 1. The fraction of sp³-hybridized carbons (Fsp3) is 0.500. The molecule has 0 spiro atoms. The first kappa shape index (κ1) is 13.8. The Balaban J connectivity index is 2.13. The number of rotatable bonds is 3. The van der Waals surface area contributed by atoms with Crippen molar-refractivity contribution in [2.75, 3.05) is 20.2 Å². The van der Waals surface area contributed by atoms with Gasteiger partial charge in [0, 0.05) is 19.6 Å². The Kier molecular flexibility index (Phi) is 3.75. The molecule has 0 aromatic heterocycles. The van der Waals surface area contributed by atoms with Crippen LogP contribution in [0.15, 0.2) is 18.2 Å². The predicted octanol–water partition coefficient (Wildman–Crippen LogP) is 1.54. The molecule has 1 N–H and O–H groups in total. The van der Waals surface area contributed by atoms with Crippen molar-refractivity contribution in [3.63, 3.8) is 0 Å². The monoisotopic (exact) mass is 266 g/mol. The fourth-order valence-corrected chi connectivity index (χ4v) is 2.26. The first-order valence-corrected chi connectivity index (χ1v) is 6.31. The maximum atomic E-state index is 13.6. The predicted molar refractivity (Wildman–Crippen MR) is 70.5 cm³/mol. The Morgan fingerprint density at radius 3 is 2.84 bits per heavy atom. The molecule has 2 rings (SSSR count). The van der Waals surface area contributed by atoms with Crippen molar-refractivity contribution in [3.8, 4) is 5.75 Å². The molecule has 0 unspecified atom stereocenters. The smallest absolute Gasteiger partial charge is 0.242 e. The molecule has 1 fully saturated rings. The van der Waals surface area contributed by atoms with Gasteiger partial charge in [-0.2, -0.15) is 0 Å². The lowest BCUT2D eigenvalue weighted by Gasteiger charge is -2.38. The number of amides is 1. The van der Waals surface area contributed by atoms with E-state index in [4.69, 9.17) is 4.74 Å². The van der Waals surface area contributed by atoms with Crippen molar-refractivity contribution in [3.05, 3.63) is 29.6 Å². The van der Waals surface area contributed by atoms with Crippen molar-refractivity contribution in [1.29, 1.82) is 0 Å². The largest absolute Gasteiger partial charge is 0.494 e. The molecule has 1 heterocycles. The zero-order valence-electron chi connectivity index (χ0n) is 11.5. The number of nitrogens with zero attached hydrogens (tertiary/aromatic N) is 1. The highest BCUT2D eigenvalue weighted by molar-refractivity contribution is 5.86. The Hall–Kier alpha value is -1.62. The second-order valence-corrected chi connectivity index (χ2v) is 5.25. The number of hydrogen-bond donors (Lipinski definition) is 1. The van der Waals surface area contributed by atoms with Crippen molar-refractivity contribution in [2.24, 2.45) is 0 Å². The van der Waals surface area contributed by atoms with Gasteiger partial charge in [0.2, 0.25) is 5.91 Å². The van der Waals surface area contributed by atoms with E-state index in [1.54, 1.807) is 17.0 Å². The Morgan fingerprint density at radius 1 is 1.47 bits per heavy atom. The van der Waals surface area contributed by atoms with E-state index >= 15 is 0 Å². The van der Waals surface area contributed by atoms with Crippen LogP contribution in [-0.4, -0.2) is 36.5 Å². The lowest BCUT2D eigenvalue weighted by atomic mass is 10.0. The number of nitrogens with one attached hydrogen (secondary N) is 1. The number of benzene rings is 1. The third-order valence-corrected chi connectivity index (χ3v) is 3.36. The summed E-state index contributed by atoms with van der Waals surface area (Å²) in [5.74, 6) is -0.146. The van der Waals surface area contributed by atoms with E-state index in [-0.39, 0.29) is 11.7 Å². The van der Waals surface area contributed by atoms with Crippen LogP contribution in [0.1, 0.15) is 19.4 Å². The van der Waals surface area contributed by atoms with E-state index < -0.39 is 11.4 Å². The first-order chi connectivity index (χ1) is 8.94. The van der Waals surface area contributed by atoms with Crippen LogP contribution in [0.2, 0.25) is 0 Å². The summed E-state index contributed by atoms with van der Waals surface area (Å²) in [6, 6.07) is 4.79. The Morgan fingerprint density at radius 2 is 2.21 bits per heavy atom. The lowest BCUT2D eigenvalue weighted by molar-refractivity contribution is -0.140. The molecule has 0 radical (unpaired) electrons. The summed E-state index contributed by atoms with van der Waals surface area (Å²) in [6.07, 6.45) is 0. The van der Waals surface area contributed by atoms with Gasteiger partial charge >= 0.3 is 0 Å². The van der Waals surface area contributed by atoms with E-state index in [1.165, 1.54) is 13.2 Å². The third-order valence-electron chi connectivity index (χ3n) is 3.36. The van der Waals surface area contributed by atoms with Crippen LogP contribution >= 0.6 is 0 Å². The topological polar surface area (TPSA) is 41.6 Å². The van der Waals surface area contributed by atoms with Crippen LogP contribution in [0.5, 0.6) is 5.75 Å². The Labute approximate surface area is 112 Å². The lowest BCUT2D eigenvalue weighted by Crippen LogP contribution is -2.60. The first-order valence-electron chi connectivity index (χ1n) is 6.31. The van der Waals surface area contributed by atoms with Crippen molar-refractivity contribution >= 4 is 5.91 Å². The molecule has 19 heavy (non-hydrogen) atoms. The van der Waals surface area contributed by atoms with Crippen molar-refractivity contribution in [2.45, 2.75) is 25.9 Å². The molecular weight excluding hydrogens is 247 g/mol. The summed E-state index contributed by atoms with van der Waals surface area (Å²) in [5, 5.41) is 3.17. The van der Waals surface area contributed by atoms with Gasteiger partial charge in [-0.05, 0) is 31.5 Å². The van der Waals surface area contributed by atoms with Crippen molar-refractivity contribution < 1.29 is 13.9 Å². The summed E-state index contributed by atoms with van der Waals surface area (Å²) >= 11 is 0. The molecule has 1 amide bonds. The summed E-state index contributed by atoms with van der Waals surface area (Å²) in [6.45, 7) is 5.52. The van der Waals surface area contributed by atoms with Crippen LogP contribution in [0.4, 0.5) is 4.39 Å². The van der Waals surface area contributed by atoms with Crippen LogP contribution in [0.25, 0.3) is 0 Å². The number of piperazine rings is 1. The van der Waals surface area contributed by atoms with E-state index in [9.17, 15) is 9.18 Å². The van der Waals surface area contributed by atoms with E-state index in [0.29, 0.717) is 13.1 Å². The molecule has 1 aromatic carbocycles. The van der Waals surface area contributed by atoms with E-state index in [1.807, 2.05) is 13.8 Å². The minimum absolute atomic E-state index is 0.0370.